The zero-order valence-electron chi connectivity index (χ0n) is 11.3. The van der Waals surface area contributed by atoms with Gasteiger partial charge in [0.15, 0.2) is 17.3 Å². The van der Waals surface area contributed by atoms with Crippen LogP contribution in [0.4, 0.5) is 10.1 Å². The lowest BCUT2D eigenvalue weighted by atomic mass is 10.1. The van der Waals surface area contributed by atoms with Crippen molar-refractivity contribution in [3.8, 4) is 17.0 Å². The van der Waals surface area contributed by atoms with E-state index in [9.17, 15) is 9.18 Å². The minimum Gasteiger partial charge on any atom is -0.492 e. The summed E-state index contributed by atoms with van der Waals surface area (Å²) in [7, 11) is 2.53. The third kappa shape index (κ3) is 2.90. The van der Waals surface area contributed by atoms with Gasteiger partial charge in [-0.3, -0.25) is 0 Å². The summed E-state index contributed by atoms with van der Waals surface area (Å²) >= 11 is 5.84. The van der Waals surface area contributed by atoms with Crippen LogP contribution in [0, 0.1) is 5.82 Å². The molecule has 7 heteroatoms. The van der Waals surface area contributed by atoms with Crippen LogP contribution in [-0.2, 0) is 4.74 Å². The van der Waals surface area contributed by atoms with Gasteiger partial charge in [-0.15, -0.1) is 0 Å². The van der Waals surface area contributed by atoms with E-state index in [0.717, 1.165) is 0 Å². The van der Waals surface area contributed by atoms with Gasteiger partial charge in [-0.1, -0.05) is 11.6 Å². The first-order valence-electron chi connectivity index (χ1n) is 5.86. The summed E-state index contributed by atoms with van der Waals surface area (Å²) in [6, 6.07) is 5.70. The maximum atomic E-state index is 14.4. The van der Waals surface area contributed by atoms with Crippen LogP contribution in [0.15, 0.2) is 24.3 Å². The van der Waals surface area contributed by atoms with Gasteiger partial charge < -0.3 is 15.2 Å². The largest absolute Gasteiger partial charge is 0.492 e. The fourth-order valence-corrected chi connectivity index (χ4v) is 2.04. The van der Waals surface area contributed by atoms with Crippen molar-refractivity contribution in [3.05, 3.63) is 40.8 Å². The first-order chi connectivity index (χ1) is 9.97. The Balaban J connectivity index is 2.62. The Morgan fingerprint density at radius 1 is 1.33 bits per heavy atom. The van der Waals surface area contributed by atoms with Gasteiger partial charge in [0, 0.05) is 11.3 Å². The molecule has 2 N–H and O–H groups in total. The Morgan fingerprint density at radius 2 is 2.05 bits per heavy atom. The van der Waals surface area contributed by atoms with Crippen molar-refractivity contribution in [1.82, 2.24) is 4.98 Å². The number of nitrogens with two attached hydrogens (primary N) is 1. The van der Waals surface area contributed by atoms with Crippen molar-refractivity contribution in [2.75, 3.05) is 20.0 Å². The first kappa shape index (κ1) is 15.1. The van der Waals surface area contributed by atoms with Crippen molar-refractivity contribution in [3.63, 3.8) is 0 Å². The number of methoxy groups -OCH3 is 2. The molecule has 1 aromatic carbocycles. The maximum absolute atomic E-state index is 14.4. The monoisotopic (exact) mass is 310 g/mol. The molecule has 0 amide bonds. The average Bonchev–Trinajstić information content (AvgIpc) is 2.46. The summed E-state index contributed by atoms with van der Waals surface area (Å²) in [6.45, 7) is 0. The molecule has 0 saturated carbocycles. The maximum Gasteiger partial charge on any atom is 0.356 e. The molecule has 2 aromatic rings. The van der Waals surface area contributed by atoms with Crippen LogP contribution in [0.2, 0.25) is 5.02 Å². The third-order valence-electron chi connectivity index (χ3n) is 2.77. The normalized spacial score (nSPS) is 10.3. The highest BCUT2D eigenvalue weighted by molar-refractivity contribution is 6.32. The number of aromatic nitrogens is 1. The number of pyridine rings is 1. The number of anilines is 1. The fraction of sp³-hybridized carbons (Fsp3) is 0.143. The molecule has 1 aromatic heterocycles. The zero-order valence-corrected chi connectivity index (χ0v) is 12.1. The number of benzene rings is 1. The molecule has 5 nitrogen and oxygen atoms in total. The van der Waals surface area contributed by atoms with E-state index >= 15 is 0 Å². The number of carbonyl (C=O) groups is 1. The summed E-state index contributed by atoms with van der Waals surface area (Å²) in [5, 5.41) is 0.135. The lowest BCUT2D eigenvalue weighted by Crippen LogP contribution is -2.06. The van der Waals surface area contributed by atoms with Crippen molar-refractivity contribution >= 4 is 23.3 Å². The SMILES string of the molecule is COC(=O)c1cc(N)cc(-c2ccc(Cl)c(OC)c2F)n1. The van der Waals surface area contributed by atoms with Gasteiger partial charge >= 0.3 is 5.97 Å². The van der Waals surface area contributed by atoms with Crippen LogP contribution in [0.3, 0.4) is 0 Å². The van der Waals surface area contributed by atoms with Crippen LogP contribution >= 0.6 is 11.6 Å². The first-order valence-corrected chi connectivity index (χ1v) is 6.24. The fourth-order valence-electron chi connectivity index (χ4n) is 1.82. The summed E-state index contributed by atoms with van der Waals surface area (Å²) in [5.74, 6) is -1.44. The lowest BCUT2D eigenvalue weighted by molar-refractivity contribution is 0.0594. The van der Waals surface area contributed by atoms with Gasteiger partial charge in [-0.25, -0.2) is 14.2 Å². The van der Waals surface area contributed by atoms with Gasteiger partial charge in [-0.2, -0.15) is 0 Å². The number of ether oxygens (including phenoxy) is 2. The molecule has 0 spiro atoms. The number of nitrogens with zero attached hydrogens (tertiary/aromatic N) is 1. The van der Waals surface area contributed by atoms with Crippen molar-refractivity contribution < 1.29 is 18.7 Å². The molecule has 1 heterocycles. The summed E-state index contributed by atoms with van der Waals surface area (Å²) in [4.78, 5) is 15.6. The summed E-state index contributed by atoms with van der Waals surface area (Å²) in [6.07, 6.45) is 0. The number of rotatable bonds is 3. The molecule has 2 rings (SSSR count). The molecule has 0 bridgehead atoms. The van der Waals surface area contributed by atoms with Gasteiger partial charge in [0.1, 0.15) is 0 Å². The second kappa shape index (κ2) is 5.97. The molecule has 0 radical (unpaired) electrons. The van der Waals surface area contributed by atoms with Crippen molar-refractivity contribution in [2.45, 2.75) is 0 Å². The summed E-state index contributed by atoms with van der Waals surface area (Å²) in [5.41, 5.74) is 6.26. The Kier molecular flexibility index (Phi) is 4.28. The molecule has 21 heavy (non-hydrogen) atoms. The van der Waals surface area contributed by atoms with Crippen LogP contribution in [0.5, 0.6) is 5.75 Å². The predicted molar refractivity (Wildman–Crippen MR) is 76.9 cm³/mol. The van der Waals surface area contributed by atoms with E-state index in [1.807, 2.05) is 0 Å². The summed E-state index contributed by atoms with van der Waals surface area (Å²) < 4.78 is 23.8. The molecule has 0 aliphatic carbocycles. The minimum absolute atomic E-state index is 0.0131. The molecule has 0 saturated heterocycles. The van der Waals surface area contributed by atoms with E-state index in [2.05, 4.69) is 9.72 Å². The number of esters is 1. The highest BCUT2D eigenvalue weighted by Crippen LogP contribution is 2.34. The average molecular weight is 311 g/mol. The van der Waals surface area contributed by atoms with Gasteiger partial charge in [-0.05, 0) is 24.3 Å². The van der Waals surface area contributed by atoms with E-state index < -0.39 is 11.8 Å². The second-order valence-electron chi connectivity index (χ2n) is 4.10. The highest BCUT2D eigenvalue weighted by atomic mass is 35.5. The Bertz CT molecular complexity index is 707. The smallest absolute Gasteiger partial charge is 0.356 e. The number of nitrogen functional groups attached to an aromatic ring is 1. The van der Waals surface area contributed by atoms with Gasteiger partial charge in [0.05, 0.1) is 24.9 Å². The minimum atomic E-state index is -0.682. The second-order valence-corrected chi connectivity index (χ2v) is 4.51. The van der Waals surface area contributed by atoms with Gasteiger partial charge in [0.2, 0.25) is 0 Å². The number of carbonyl (C=O) groups excluding carboxylic acids is 1. The number of hydrogen-bond donors (Lipinski definition) is 1. The lowest BCUT2D eigenvalue weighted by Gasteiger charge is -2.10. The molecular formula is C14H12ClFN2O3. The highest BCUT2D eigenvalue weighted by Gasteiger charge is 2.17. The standard InChI is InChI=1S/C14H12ClFN2O3/c1-20-13-9(15)4-3-8(12(13)16)10-5-7(17)6-11(18-10)14(19)21-2/h3-6H,1-2H3,(H2,17,18). The third-order valence-corrected chi connectivity index (χ3v) is 3.07. The molecule has 0 fully saturated rings. The van der Waals surface area contributed by atoms with Crippen LogP contribution in [0.25, 0.3) is 11.3 Å². The predicted octanol–water partition coefficient (Wildman–Crippen LogP) is 2.92. The van der Waals surface area contributed by atoms with Crippen molar-refractivity contribution in [2.24, 2.45) is 0 Å². The van der Waals surface area contributed by atoms with Gasteiger partial charge in [0.25, 0.3) is 0 Å². The Morgan fingerprint density at radius 3 is 2.67 bits per heavy atom. The van der Waals surface area contributed by atoms with E-state index in [1.54, 1.807) is 0 Å². The van der Waals surface area contributed by atoms with E-state index in [4.69, 9.17) is 22.1 Å². The van der Waals surface area contributed by atoms with Crippen molar-refractivity contribution in [1.29, 1.82) is 0 Å². The van der Waals surface area contributed by atoms with E-state index in [1.165, 1.54) is 38.5 Å². The van der Waals surface area contributed by atoms with E-state index in [0.29, 0.717) is 0 Å². The molecule has 0 aliphatic heterocycles. The molecule has 0 unspecified atom stereocenters. The number of halogens is 2. The van der Waals surface area contributed by atoms with Crippen LogP contribution in [0.1, 0.15) is 10.5 Å². The molecular weight excluding hydrogens is 299 g/mol. The molecule has 0 atom stereocenters. The zero-order chi connectivity index (χ0) is 15.6. The Hall–Kier alpha value is -2.34. The van der Waals surface area contributed by atoms with Crippen LogP contribution < -0.4 is 10.5 Å². The Labute approximate surface area is 125 Å². The quantitative estimate of drug-likeness (QED) is 0.882. The molecule has 110 valence electrons. The number of hydrogen-bond acceptors (Lipinski definition) is 5. The van der Waals surface area contributed by atoms with E-state index in [-0.39, 0.29) is 33.4 Å². The van der Waals surface area contributed by atoms with Crippen LogP contribution in [-0.4, -0.2) is 25.2 Å². The topological polar surface area (TPSA) is 74.4 Å². The molecule has 0 aliphatic rings.